The van der Waals surface area contributed by atoms with Gasteiger partial charge in [0.1, 0.15) is 0 Å². The number of rotatable bonds is 3. The number of carbonyl (C=O) groups is 1. The molecule has 2 rings (SSSR count). The van der Waals surface area contributed by atoms with Crippen LogP contribution in [0, 0.1) is 0 Å². The number of hydrogen-bond acceptors (Lipinski definition) is 3. The molecular weight excluding hydrogens is 194 g/mol. The van der Waals surface area contributed by atoms with Crippen LogP contribution in [0.4, 0.5) is 0 Å². The molecule has 1 saturated heterocycles. The molecule has 0 spiro atoms. The first-order valence-corrected chi connectivity index (χ1v) is 5.06. The number of β-amino-alcohol motifs (C(OH)–C–C–N with tert-alkyl or cyclic N) is 1. The number of nitrogens with one attached hydrogen (secondary N) is 3. The Morgan fingerprint density at radius 1 is 1.67 bits per heavy atom. The third kappa shape index (κ3) is 2.57. The number of aliphatic hydroxyl groups is 1. The van der Waals surface area contributed by atoms with E-state index in [2.05, 4.69) is 15.6 Å². The van der Waals surface area contributed by atoms with E-state index in [1.54, 1.807) is 0 Å². The van der Waals surface area contributed by atoms with Gasteiger partial charge in [0.2, 0.25) is 5.91 Å². The summed E-state index contributed by atoms with van der Waals surface area (Å²) in [6.45, 7) is 1.03. The number of aliphatic hydroxyl groups excluding tert-OH is 1. The van der Waals surface area contributed by atoms with Gasteiger partial charge in [0.05, 0.1) is 12.1 Å². The normalized spacial score (nSPS) is 25.4. The van der Waals surface area contributed by atoms with Gasteiger partial charge in [-0.2, -0.15) is 0 Å². The SMILES string of the molecule is O=C(NCc1cc[nH]c1)C1CC(O)CN1. The van der Waals surface area contributed by atoms with E-state index in [9.17, 15) is 9.90 Å². The van der Waals surface area contributed by atoms with Crippen LogP contribution in [0.15, 0.2) is 18.5 Å². The molecule has 1 aliphatic heterocycles. The first-order valence-electron chi connectivity index (χ1n) is 5.06. The van der Waals surface area contributed by atoms with Crippen LogP contribution in [0.2, 0.25) is 0 Å². The summed E-state index contributed by atoms with van der Waals surface area (Å²) >= 11 is 0. The zero-order valence-electron chi connectivity index (χ0n) is 8.36. The van der Waals surface area contributed by atoms with Crippen molar-refractivity contribution in [2.24, 2.45) is 0 Å². The highest BCUT2D eigenvalue weighted by molar-refractivity contribution is 5.82. The molecule has 1 fully saturated rings. The van der Waals surface area contributed by atoms with E-state index >= 15 is 0 Å². The highest BCUT2D eigenvalue weighted by Gasteiger charge is 2.27. The minimum absolute atomic E-state index is 0.0484. The van der Waals surface area contributed by atoms with E-state index < -0.39 is 6.10 Å². The summed E-state index contributed by atoms with van der Waals surface area (Å²) in [5.41, 5.74) is 1.04. The van der Waals surface area contributed by atoms with Gasteiger partial charge in [0.15, 0.2) is 0 Å². The maximum absolute atomic E-state index is 11.6. The van der Waals surface area contributed by atoms with Crippen molar-refractivity contribution in [1.29, 1.82) is 0 Å². The van der Waals surface area contributed by atoms with E-state index in [1.807, 2.05) is 18.5 Å². The van der Waals surface area contributed by atoms with E-state index in [0.717, 1.165) is 5.56 Å². The molecular formula is C10H15N3O2. The molecule has 5 nitrogen and oxygen atoms in total. The molecule has 15 heavy (non-hydrogen) atoms. The zero-order chi connectivity index (χ0) is 10.7. The summed E-state index contributed by atoms with van der Waals surface area (Å²) in [6.07, 6.45) is 3.77. The third-order valence-electron chi connectivity index (χ3n) is 2.55. The third-order valence-corrected chi connectivity index (χ3v) is 2.55. The molecule has 1 amide bonds. The Balaban J connectivity index is 1.78. The Kier molecular flexibility index (Phi) is 3.03. The Morgan fingerprint density at radius 2 is 2.53 bits per heavy atom. The van der Waals surface area contributed by atoms with Gasteiger partial charge in [0, 0.05) is 25.5 Å². The van der Waals surface area contributed by atoms with Crippen LogP contribution in [-0.2, 0) is 11.3 Å². The van der Waals surface area contributed by atoms with Gasteiger partial charge in [-0.25, -0.2) is 0 Å². The number of carbonyl (C=O) groups excluding carboxylic acids is 1. The second-order valence-electron chi connectivity index (χ2n) is 3.79. The number of aromatic amines is 1. The fraction of sp³-hybridized carbons (Fsp3) is 0.500. The summed E-state index contributed by atoms with van der Waals surface area (Å²) < 4.78 is 0. The molecule has 5 heteroatoms. The molecule has 2 unspecified atom stereocenters. The van der Waals surface area contributed by atoms with Crippen LogP contribution in [-0.4, -0.2) is 34.7 Å². The highest BCUT2D eigenvalue weighted by atomic mass is 16.3. The lowest BCUT2D eigenvalue weighted by Crippen LogP contribution is -2.39. The molecule has 0 aromatic carbocycles. The number of aromatic nitrogens is 1. The fourth-order valence-electron chi connectivity index (χ4n) is 1.70. The molecule has 2 atom stereocenters. The summed E-state index contributed by atoms with van der Waals surface area (Å²) in [5, 5.41) is 15.0. The van der Waals surface area contributed by atoms with Gasteiger partial charge < -0.3 is 20.7 Å². The first kappa shape index (κ1) is 10.2. The van der Waals surface area contributed by atoms with Crippen LogP contribution in [0.1, 0.15) is 12.0 Å². The van der Waals surface area contributed by atoms with Crippen LogP contribution < -0.4 is 10.6 Å². The second-order valence-corrected chi connectivity index (χ2v) is 3.79. The van der Waals surface area contributed by atoms with Gasteiger partial charge in [-0.15, -0.1) is 0 Å². The van der Waals surface area contributed by atoms with Crippen molar-refractivity contribution >= 4 is 5.91 Å². The predicted octanol–water partition coefficient (Wildman–Crippen LogP) is -0.646. The Bertz CT molecular complexity index is 323. The monoisotopic (exact) mass is 209 g/mol. The van der Waals surface area contributed by atoms with Gasteiger partial charge in [-0.1, -0.05) is 0 Å². The maximum atomic E-state index is 11.6. The van der Waals surface area contributed by atoms with Crippen LogP contribution in [0.3, 0.4) is 0 Å². The summed E-state index contributed by atoms with van der Waals surface area (Å²) in [7, 11) is 0. The van der Waals surface area contributed by atoms with Gasteiger partial charge in [-0.3, -0.25) is 4.79 Å². The molecule has 1 aromatic heterocycles. The Labute approximate surface area is 87.9 Å². The van der Waals surface area contributed by atoms with Crippen molar-refractivity contribution in [3.05, 3.63) is 24.0 Å². The largest absolute Gasteiger partial charge is 0.392 e. The lowest BCUT2D eigenvalue weighted by Gasteiger charge is -2.09. The molecule has 0 saturated carbocycles. The molecule has 2 heterocycles. The first-order chi connectivity index (χ1) is 7.25. The number of H-pyrrole nitrogens is 1. The quantitative estimate of drug-likeness (QED) is 0.534. The number of amides is 1. The molecule has 0 bridgehead atoms. The van der Waals surface area contributed by atoms with Gasteiger partial charge in [0.25, 0.3) is 0 Å². The molecule has 0 aliphatic carbocycles. The van der Waals surface area contributed by atoms with Crippen molar-refractivity contribution < 1.29 is 9.90 Å². The smallest absolute Gasteiger partial charge is 0.237 e. The van der Waals surface area contributed by atoms with Crippen molar-refractivity contribution in [3.63, 3.8) is 0 Å². The van der Waals surface area contributed by atoms with Gasteiger partial charge in [-0.05, 0) is 18.1 Å². The number of hydrogen-bond donors (Lipinski definition) is 4. The minimum atomic E-state index is -0.395. The lowest BCUT2D eigenvalue weighted by atomic mass is 10.2. The molecule has 4 N–H and O–H groups in total. The molecule has 1 aliphatic rings. The predicted molar refractivity (Wildman–Crippen MR) is 55.1 cm³/mol. The standard InChI is InChI=1S/C10H15N3O2/c14-8-3-9(12-6-8)10(15)13-5-7-1-2-11-4-7/h1-2,4,8-9,11-12,14H,3,5-6H2,(H,13,15). The van der Waals surface area contributed by atoms with Crippen molar-refractivity contribution in [3.8, 4) is 0 Å². The van der Waals surface area contributed by atoms with Crippen molar-refractivity contribution in [1.82, 2.24) is 15.6 Å². The minimum Gasteiger partial charge on any atom is -0.392 e. The van der Waals surface area contributed by atoms with E-state index in [-0.39, 0.29) is 11.9 Å². The Morgan fingerprint density at radius 3 is 3.13 bits per heavy atom. The van der Waals surface area contributed by atoms with Crippen molar-refractivity contribution in [2.45, 2.75) is 25.1 Å². The average Bonchev–Trinajstić information content (AvgIpc) is 2.84. The zero-order valence-corrected chi connectivity index (χ0v) is 8.36. The topological polar surface area (TPSA) is 77.2 Å². The van der Waals surface area contributed by atoms with Gasteiger partial charge >= 0.3 is 0 Å². The highest BCUT2D eigenvalue weighted by Crippen LogP contribution is 2.06. The van der Waals surface area contributed by atoms with E-state index in [1.165, 1.54) is 0 Å². The Hall–Kier alpha value is -1.33. The average molecular weight is 209 g/mol. The summed E-state index contributed by atoms with van der Waals surface area (Å²) in [5.74, 6) is -0.0484. The molecule has 0 radical (unpaired) electrons. The molecule has 82 valence electrons. The molecule has 1 aromatic rings. The van der Waals surface area contributed by atoms with Crippen LogP contribution in [0.25, 0.3) is 0 Å². The second kappa shape index (κ2) is 4.46. The van der Waals surface area contributed by atoms with E-state index in [0.29, 0.717) is 19.5 Å². The van der Waals surface area contributed by atoms with Crippen molar-refractivity contribution in [2.75, 3.05) is 6.54 Å². The van der Waals surface area contributed by atoms with Crippen LogP contribution in [0.5, 0.6) is 0 Å². The van der Waals surface area contributed by atoms with Crippen LogP contribution >= 0.6 is 0 Å². The summed E-state index contributed by atoms with van der Waals surface area (Å²) in [6, 6.07) is 1.66. The van der Waals surface area contributed by atoms with E-state index in [4.69, 9.17) is 0 Å². The lowest BCUT2D eigenvalue weighted by molar-refractivity contribution is -0.123. The fourth-order valence-corrected chi connectivity index (χ4v) is 1.70. The summed E-state index contributed by atoms with van der Waals surface area (Å²) in [4.78, 5) is 14.5. The maximum Gasteiger partial charge on any atom is 0.237 e.